The largest absolute Gasteiger partial charge is 0.480 e. The van der Waals surface area contributed by atoms with Crippen molar-refractivity contribution in [2.75, 3.05) is 0 Å². The highest BCUT2D eigenvalue weighted by Gasteiger charge is 2.40. The van der Waals surface area contributed by atoms with Crippen LogP contribution in [0.4, 0.5) is 0 Å². The number of aliphatic carboxylic acids is 1. The van der Waals surface area contributed by atoms with Crippen LogP contribution in [0, 0.1) is 0 Å². The van der Waals surface area contributed by atoms with Crippen LogP contribution in [0.1, 0.15) is 82.9 Å². The van der Waals surface area contributed by atoms with Gasteiger partial charge in [0.1, 0.15) is 6.04 Å². The highest BCUT2D eigenvalue weighted by Crippen LogP contribution is 2.31. The fourth-order valence-corrected chi connectivity index (χ4v) is 3.86. The summed E-state index contributed by atoms with van der Waals surface area (Å²) in [6.07, 6.45) is 5.68. The molecule has 0 aromatic heterocycles. The van der Waals surface area contributed by atoms with Gasteiger partial charge in [-0.15, -0.1) is 0 Å². The highest BCUT2D eigenvalue weighted by molar-refractivity contribution is 6.22. The summed E-state index contributed by atoms with van der Waals surface area (Å²) >= 11 is 0. The Labute approximate surface area is 157 Å². The molecular formula is C20H24N2O5. The van der Waals surface area contributed by atoms with E-state index in [1.165, 1.54) is 23.1 Å². The standard InChI is InChI=1S/C20H24N2O5/c1-2-6-16(20(26)27)21-17(23)12-9-10-14-15(11-12)19(25)22(18(14)24)13-7-4-3-5-8-13/h9-11,13,16H,2-8H2,1H3,(H,21,23)(H,26,27). The van der Waals surface area contributed by atoms with Gasteiger partial charge in [0, 0.05) is 11.6 Å². The van der Waals surface area contributed by atoms with E-state index in [1.807, 2.05) is 6.92 Å². The number of carboxylic acid groups (broad SMARTS) is 1. The second-order valence-electron chi connectivity index (χ2n) is 7.19. The number of amides is 3. The molecule has 0 bridgehead atoms. The zero-order valence-corrected chi connectivity index (χ0v) is 15.4. The summed E-state index contributed by atoms with van der Waals surface area (Å²) in [7, 11) is 0. The van der Waals surface area contributed by atoms with Crippen LogP contribution in [-0.2, 0) is 4.79 Å². The molecule has 1 aromatic carbocycles. The maximum absolute atomic E-state index is 12.8. The summed E-state index contributed by atoms with van der Waals surface area (Å²) in [5.74, 6) is -2.32. The first-order valence-electron chi connectivity index (χ1n) is 9.49. The molecule has 3 amide bonds. The lowest BCUT2D eigenvalue weighted by Gasteiger charge is -2.29. The molecule has 0 spiro atoms. The maximum Gasteiger partial charge on any atom is 0.326 e. The Hall–Kier alpha value is -2.70. The number of imide groups is 1. The second-order valence-corrected chi connectivity index (χ2v) is 7.19. The van der Waals surface area contributed by atoms with Crippen LogP contribution in [0.2, 0.25) is 0 Å². The van der Waals surface area contributed by atoms with Crippen molar-refractivity contribution in [3.05, 3.63) is 34.9 Å². The summed E-state index contributed by atoms with van der Waals surface area (Å²) in [6, 6.07) is 3.30. The lowest BCUT2D eigenvalue weighted by molar-refractivity contribution is -0.139. The van der Waals surface area contributed by atoms with Gasteiger partial charge >= 0.3 is 5.97 Å². The van der Waals surface area contributed by atoms with Gasteiger partial charge in [-0.25, -0.2) is 4.79 Å². The van der Waals surface area contributed by atoms with Crippen LogP contribution < -0.4 is 5.32 Å². The highest BCUT2D eigenvalue weighted by atomic mass is 16.4. The molecule has 3 rings (SSSR count). The lowest BCUT2D eigenvalue weighted by Crippen LogP contribution is -2.41. The molecule has 1 heterocycles. The number of rotatable bonds is 6. The summed E-state index contributed by atoms with van der Waals surface area (Å²) in [5, 5.41) is 11.7. The van der Waals surface area contributed by atoms with E-state index in [1.54, 1.807) is 0 Å². The maximum atomic E-state index is 12.8. The van der Waals surface area contributed by atoms with E-state index in [0.29, 0.717) is 18.4 Å². The predicted octanol–water partition coefficient (Wildman–Crippen LogP) is 2.60. The molecule has 1 fully saturated rings. The molecule has 1 aromatic rings. The van der Waals surface area contributed by atoms with Gasteiger partial charge in [0.05, 0.1) is 11.1 Å². The molecule has 1 unspecified atom stereocenters. The molecule has 1 aliphatic heterocycles. The summed E-state index contributed by atoms with van der Waals surface area (Å²) < 4.78 is 0. The van der Waals surface area contributed by atoms with Crippen molar-refractivity contribution in [1.82, 2.24) is 10.2 Å². The number of carbonyl (C=O) groups excluding carboxylic acids is 3. The Morgan fingerprint density at radius 3 is 2.44 bits per heavy atom. The zero-order valence-electron chi connectivity index (χ0n) is 15.4. The summed E-state index contributed by atoms with van der Waals surface area (Å²) in [5.41, 5.74) is 0.716. The number of hydrogen-bond donors (Lipinski definition) is 2. The average Bonchev–Trinajstić information content (AvgIpc) is 2.92. The molecule has 2 N–H and O–H groups in total. The fraction of sp³-hybridized carbons (Fsp3) is 0.500. The van der Waals surface area contributed by atoms with Gasteiger partial charge in [0.2, 0.25) is 0 Å². The molecule has 1 saturated carbocycles. The Balaban J connectivity index is 1.81. The van der Waals surface area contributed by atoms with E-state index < -0.39 is 17.9 Å². The number of nitrogens with zero attached hydrogens (tertiary/aromatic N) is 1. The first kappa shape index (κ1) is 19.1. The van der Waals surface area contributed by atoms with Crippen molar-refractivity contribution in [2.45, 2.75) is 64.0 Å². The first-order chi connectivity index (χ1) is 12.9. The molecule has 1 atom stereocenters. The van der Waals surface area contributed by atoms with Crippen molar-refractivity contribution in [1.29, 1.82) is 0 Å². The minimum absolute atomic E-state index is 0.0793. The Bertz CT molecular complexity index is 783. The van der Waals surface area contributed by atoms with Crippen molar-refractivity contribution >= 4 is 23.7 Å². The van der Waals surface area contributed by atoms with Crippen LogP contribution in [0.3, 0.4) is 0 Å². The first-order valence-corrected chi connectivity index (χ1v) is 9.49. The van der Waals surface area contributed by atoms with Gasteiger partial charge in [0.25, 0.3) is 17.7 Å². The molecule has 7 nitrogen and oxygen atoms in total. The van der Waals surface area contributed by atoms with Gasteiger partial charge in [-0.1, -0.05) is 32.6 Å². The van der Waals surface area contributed by atoms with Crippen LogP contribution in [0.15, 0.2) is 18.2 Å². The number of carboxylic acids is 1. The monoisotopic (exact) mass is 372 g/mol. The van der Waals surface area contributed by atoms with Crippen molar-refractivity contribution in [3.8, 4) is 0 Å². The van der Waals surface area contributed by atoms with Crippen molar-refractivity contribution in [2.24, 2.45) is 0 Å². The Morgan fingerprint density at radius 2 is 1.81 bits per heavy atom. The quantitative estimate of drug-likeness (QED) is 0.747. The number of carbonyl (C=O) groups is 4. The van der Waals surface area contributed by atoms with Crippen LogP contribution in [-0.4, -0.2) is 45.8 Å². The second kappa shape index (κ2) is 7.90. The van der Waals surface area contributed by atoms with Crippen LogP contribution in [0.5, 0.6) is 0 Å². The molecular weight excluding hydrogens is 348 g/mol. The van der Waals surface area contributed by atoms with Gasteiger partial charge in [-0.3, -0.25) is 19.3 Å². The molecule has 27 heavy (non-hydrogen) atoms. The Kier molecular flexibility index (Phi) is 5.58. The summed E-state index contributed by atoms with van der Waals surface area (Å²) in [6.45, 7) is 1.83. The van der Waals surface area contributed by atoms with Gasteiger partial charge in [0.15, 0.2) is 0 Å². The number of nitrogens with one attached hydrogen (secondary N) is 1. The molecule has 1 aliphatic carbocycles. The van der Waals surface area contributed by atoms with E-state index in [4.69, 9.17) is 0 Å². The van der Waals surface area contributed by atoms with E-state index >= 15 is 0 Å². The third kappa shape index (κ3) is 3.72. The average molecular weight is 372 g/mol. The van der Waals surface area contributed by atoms with E-state index in [0.717, 1.165) is 32.1 Å². The smallest absolute Gasteiger partial charge is 0.326 e. The molecule has 144 valence electrons. The SMILES string of the molecule is CCCC(NC(=O)c1ccc2c(c1)C(=O)N(C1CCCCC1)C2=O)C(=O)O. The van der Waals surface area contributed by atoms with Gasteiger partial charge in [-0.2, -0.15) is 0 Å². The third-order valence-corrected chi connectivity index (χ3v) is 5.30. The molecule has 0 radical (unpaired) electrons. The number of hydrogen-bond acceptors (Lipinski definition) is 4. The van der Waals surface area contributed by atoms with Crippen molar-refractivity contribution in [3.63, 3.8) is 0 Å². The summed E-state index contributed by atoms with van der Waals surface area (Å²) in [4.78, 5) is 50.5. The van der Waals surface area contributed by atoms with Gasteiger partial charge in [-0.05, 0) is 37.5 Å². The normalized spacial score (nSPS) is 18.3. The Morgan fingerprint density at radius 1 is 1.15 bits per heavy atom. The zero-order chi connectivity index (χ0) is 19.6. The van der Waals surface area contributed by atoms with Crippen LogP contribution >= 0.6 is 0 Å². The van der Waals surface area contributed by atoms with E-state index in [-0.39, 0.29) is 29.0 Å². The minimum Gasteiger partial charge on any atom is -0.480 e. The number of benzene rings is 1. The van der Waals surface area contributed by atoms with E-state index in [9.17, 15) is 24.3 Å². The molecule has 7 heteroatoms. The third-order valence-electron chi connectivity index (χ3n) is 5.30. The topological polar surface area (TPSA) is 104 Å². The fourth-order valence-electron chi connectivity index (χ4n) is 3.86. The minimum atomic E-state index is -1.10. The molecule has 0 saturated heterocycles. The number of fused-ring (bicyclic) bond motifs is 1. The van der Waals surface area contributed by atoms with E-state index in [2.05, 4.69) is 5.32 Å². The predicted molar refractivity (Wildman–Crippen MR) is 97.6 cm³/mol. The molecule has 2 aliphatic rings. The van der Waals surface area contributed by atoms with Crippen LogP contribution in [0.25, 0.3) is 0 Å². The van der Waals surface area contributed by atoms with Gasteiger partial charge < -0.3 is 10.4 Å². The van der Waals surface area contributed by atoms with Crippen molar-refractivity contribution < 1.29 is 24.3 Å². The lowest BCUT2D eigenvalue weighted by atomic mass is 9.94.